The Morgan fingerprint density at radius 2 is 1.66 bits per heavy atom. The second-order valence-corrected chi connectivity index (χ2v) is 17.5. The Morgan fingerprint density at radius 1 is 1.02 bits per heavy atom. The number of sulfone groups is 1. The van der Waals surface area contributed by atoms with E-state index in [0.717, 1.165) is 44.1 Å². The van der Waals surface area contributed by atoms with E-state index in [1.165, 1.54) is 32.0 Å². The van der Waals surface area contributed by atoms with Crippen molar-refractivity contribution in [2.24, 2.45) is 22.7 Å². The number of aromatic nitrogens is 2. The monoisotopic (exact) mass is 669 g/mol. The van der Waals surface area contributed by atoms with Crippen molar-refractivity contribution in [3.05, 3.63) is 59.3 Å². The fourth-order valence-electron chi connectivity index (χ4n) is 6.83. The standard InChI is InChI=1S/C36H55N5O5S/c1-36(2,3)47(45,46)25-30(19-27-13-7-4-8-14-27)34(42)40-33(21-31-23-38-26-39-31)35(43)41(44)32(20-28-15-9-5-10-16-28)24-37-22-29-17-11-6-12-18-29/h4,7-8,13-14,23-24,26,28-30,32-33,41H,5-6,9-12,15-22,25H2,1-3H3,(H,38,39)(H,40,42)/t30-,32+,33+/m1/s1. The predicted octanol–water partition coefficient (Wildman–Crippen LogP) is 4.41. The summed E-state index contributed by atoms with van der Waals surface area (Å²) in [6.07, 6.45) is 17.1. The van der Waals surface area contributed by atoms with Gasteiger partial charge in [-0.2, -0.15) is 0 Å². The van der Waals surface area contributed by atoms with Gasteiger partial charge in [0.1, 0.15) is 6.04 Å². The highest BCUT2D eigenvalue weighted by molar-refractivity contribution is 7.92. The van der Waals surface area contributed by atoms with Crippen LogP contribution in [0.4, 0.5) is 0 Å². The van der Waals surface area contributed by atoms with Crippen LogP contribution in [0.15, 0.2) is 47.8 Å². The van der Waals surface area contributed by atoms with Crippen LogP contribution >= 0.6 is 0 Å². The summed E-state index contributed by atoms with van der Waals surface area (Å²) >= 11 is 0. The van der Waals surface area contributed by atoms with Crippen molar-refractivity contribution in [2.45, 2.75) is 121 Å². The zero-order valence-electron chi connectivity index (χ0n) is 28.5. The fraction of sp³-hybridized carbons (Fsp3) is 0.667. The Balaban J connectivity index is 1.57. The van der Waals surface area contributed by atoms with Crippen LogP contribution < -0.4 is 10.4 Å². The molecule has 0 radical (unpaired) electrons. The van der Waals surface area contributed by atoms with Gasteiger partial charge < -0.3 is 20.6 Å². The van der Waals surface area contributed by atoms with E-state index in [1.807, 2.05) is 30.3 Å². The molecule has 1 unspecified atom stereocenters. The molecule has 0 saturated heterocycles. The molecule has 1 aromatic heterocycles. The number of quaternary nitrogens is 1. The zero-order chi connectivity index (χ0) is 33.9. The van der Waals surface area contributed by atoms with Crippen molar-refractivity contribution in [1.29, 1.82) is 0 Å². The molecule has 260 valence electrons. The third-order valence-corrected chi connectivity index (χ3v) is 12.6. The molecule has 2 saturated carbocycles. The van der Waals surface area contributed by atoms with Gasteiger partial charge in [0, 0.05) is 25.6 Å². The van der Waals surface area contributed by atoms with E-state index in [9.17, 15) is 23.2 Å². The van der Waals surface area contributed by atoms with Gasteiger partial charge in [0.15, 0.2) is 15.9 Å². The second-order valence-electron chi connectivity index (χ2n) is 14.7. The number of aromatic amines is 1. The molecule has 1 aromatic carbocycles. The summed E-state index contributed by atoms with van der Waals surface area (Å²) < 4.78 is 25.5. The average Bonchev–Trinajstić information content (AvgIpc) is 3.57. The highest BCUT2D eigenvalue weighted by atomic mass is 32.2. The van der Waals surface area contributed by atoms with Crippen molar-refractivity contribution < 1.29 is 23.1 Å². The molecule has 0 aliphatic heterocycles. The summed E-state index contributed by atoms with van der Waals surface area (Å²) in [7, 11) is -3.68. The summed E-state index contributed by atoms with van der Waals surface area (Å²) in [6.45, 7) is 5.51. The van der Waals surface area contributed by atoms with Crippen LogP contribution in [0.3, 0.4) is 0 Å². The number of hydroxylamine groups is 2. The summed E-state index contributed by atoms with van der Waals surface area (Å²) in [5.74, 6) is -1.74. The van der Waals surface area contributed by atoms with Gasteiger partial charge >= 0.3 is 5.91 Å². The number of rotatable bonds is 15. The lowest BCUT2D eigenvalue weighted by atomic mass is 9.85. The summed E-state index contributed by atoms with van der Waals surface area (Å²) in [4.78, 5) is 39.9. The topological polar surface area (TPSA) is 149 Å². The maximum absolute atomic E-state index is 14.1. The lowest BCUT2D eigenvalue weighted by molar-refractivity contribution is -0.783. The third-order valence-electron chi connectivity index (χ3n) is 9.92. The molecule has 10 nitrogen and oxygen atoms in total. The lowest BCUT2D eigenvalue weighted by Crippen LogP contribution is -3.16. The fourth-order valence-corrected chi connectivity index (χ4v) is 8.13. The highest BCUT2D eigenvalue weighted by Gasteiger charge is 2.38. The molecule has 2 aliphatic rings. The number of imidazole rings is 1. The number of carbonyl (C=O) groups is 2. The molecule has 1 heterocycles. The van der Waals surface area contributed by atoms with Crippen LogP contribution in [0.1, 0.15) is 103 Å². The van der Waals surface area contributed by atoms with E-state index in [2.05, 4.69) is 15.3 Å². The van der Waals surface area contributed by atoms with Gasteiger partial charge in [-0.15, -0.1) is 0 Å². The Morgan fingerprint density at radius 3 is 2.26 bits per heavy atom. The molecule has 47 heavy (non-hydrogen) atoms. The summed E-state index contributed by atoms with van der Waals surface area (Å²) in [5.41, 5.74) is 1.33. The van der Waals surface area contributed by atoms with E-state index in [1.54, 1.807) is 33.2 Å². The minimum absolute atomic E-state index is 0.0132. The van der Waals surface area contributed by atoms with Crippen LogP contribution in [0.25, 0.3) is 0 Å². The van der Waals surface area contributed by atoms with E-state index < -0.39 is 49.5 Å². The first-order chi connectivity index (χ1) is 22.4. The molecule has 3 N–H and O–H groups in total. The molecule has 2 fully saturated rings. The molecule has 2 amide bonds. The number of amides is 2. The van der Waals surface area contributed by atoms with Gasteiger partial charge in [0.25, 0.3) is 0 Å². The third kappa shape index (κ3) is 11.4. The van der Waals surface area contributed by atoms with Crippen molar-refractivity contribution in [1.82, 2.24) is 15.3 Å². The number of hydrogen-bond acceptors (Lipinski definition) is 7. The molecule has 11 heteroatoms. The first kappa shape index (κ1) is 36.9. The Kier molecular flexibility index (Phi) is 13.7. The Labute approximate surface area is 281 Å². The minimum Gasteiger partial charge on any atom is -0.626 e. The number of H-pyrrole nitrogens is 1. The molecule has 0 spiro atoms. The Bertz CT molecular complexity index is 1380. The quantitative estimate of drug-likeness (QED) is 0.189. The minimum atomic E-state index is -3.68. The smallest absolute Gasteiger partial charge is 0.335 e. The van der Waals surface area contributed by atoms with Gasteiger partial charge in [0.05, 0.1) is 34.7 Å². The molecule has 4 atom stereocenters. The predicted molar refractivity (Wildman–Crippen MR) is 186 cm³/mol. The summed E-state index contributed by atoms with van der Waals surface area (Å²) in [6, 6.07) is 7.39. The largest absolute Gasteiger partial charge is 0.626 e. The van der Waals surface area contributed by atoms with Crippen molar-refractivity contribution in [3.8, 4) is 0 Å². The SMILES string of the molecule is CC(C)(C)S(=O)(=O)C[C@@H](Cc1ccccc1)C(=O)N[C@@H](Cc1c[nH]cn1)C(=O)[NH+]([O-])[C@H](C=NCC1CCCCC1)CC1CCCCC1. The molecule has 4 rings (SSSR count). The number of nitrogens with one attached hydrogen (secondary N) is 3. The van der Waals surface area contributed by atoms with E-state index in [4.69, 9.17) is 4.99 Å². The van der Waals surface area contributed by atoms with Crippen LogP contribution in [-0.4, -0.2) is 65.5 Å². The molecular formula is C36H55N5O5S. The number of carbonyl (C=O) groups excluding carboxylic acids is 2. The Hall–Kier alpha value is -2.89. The van der Waals surface area contributed by atoms with Crippen LogP contribution in [-0.2, 0) is 32.3 Å². The van der Waals surface area contributed by atoms with Crippen LogP contribution in [0.2, 0.25) is 0 Å². The zero-order valence-corrected chi connectivity index (χ0v) is 29.3. The van der Waals surface area contributed by atoms with Gasteiger partial charge in [-0.05, 0) is 57.4 Å². The first-order valence-electron chi connectivity index (χ1n) is 17.5. The lowest BCUT2D eigenvalue weighted by Gasteiger charge is -2.33. The molecule has 2 aromatic rings. The van der Waals surface area contributed by atoms with Crippen molar-refractivity contribution in [2.75, 3.05) is 12.3 Å². The molecule has 0 bridgehead atoms. The second kappa shape index (κ2) is 17.5. The van der Waals surface area contributed by atoms with E-state index >= 15 is 0 Å². The van der Waals surface area contributed by atoms with Crippen molar-refractivity contribution in [3.63, 3.8) is 0 Å². The number of aliphatic imine (C=N–C) groups is 1. The highest BCUT2D eigenvalue weighted by Crippen LogP contribution is 2.27. The van der Waals surface area contributed by atoms with Gasteiger partial charge in [-0.1, -0.05) is 81.7 Å². The van der Waals surface area contributed by atoms with Crippen LogP contribution in [0, 0.1) is 23.0 Å². The first-order valence-corrected chi connectivity index (χ1v) is 19.2. The van der Waals surface area contributed by atoms with Gasteiger partial charge in [-0.25, -0.2) is 18.2 Å². The van der Waals surface area contributed by atoms with Crippen LogP contribution in [0.5, 0.6) is 0 Å². The van der Waals surface area contributed by atoms with E-state index in [0.29, 0.717) is 30.5 Å². The number of hydrogen-bond donors (Lipinski definition) is 3. The number of nitrogens with zero attached hydrogens (tertiary/aromatic N) is 2. The van der Waals surface area contributed by atoms with E-state index in [-0.39, 0.29) is 18.6 Å². The normalized spacial score (nSPS) is 19.7. The molecular weight excluding hydrogens is 614 g/mol. The number of benzene rings is 1. The average molecular weight is 670 g/mol. The summed E-state index contributed by atoms with van der Waals surface area (Å²) in [5, 5.41) is 16.3. The van der Waals surface area contributed by atoms with Crippen molar-refractivity contribution >= 4 is 27.9 Å². The molecule has 2 aliphatic carbocycles. The van der Waals surface area contributed by atoms with Gasteiger partial charge in [-0.3, -0.25) is 9.79 Å². The maximum Gasteiger partial charge on any atom is 0.335 e. The van der Waals surface area contributed by atoms with Gasteiger partial charge in [0.2, 0.25) is 5.91 Å². The maximum atomic E-state index is 14.1.